The van der Waals surface area contributed by atoms with Crippen LogP contribution in [0.25, 0.3) is 0 Å². The fourth-order valence-electron chi connectivity index (χ4n) is 3.74. The van der Waals surface area contributed by atoms with Crippen molar-refractivity contribution in [2.75, 3.05) is 19.7 Å². The van der Waals surface area contributed by atoms with Crippen molar-refractivity contribution in [3.05, 3.63) is 54.0 Å². The third-order valence-corrected chi connectivity index (χ3v) is 5.50. The van der Waals surface area contributed by atoms with Gasteiger partial charge >= 0.3 is 0 Å². The fraction of sp³-hybridized carbons (Fsp3) is 0.478. The number of nitrogens with one attached hydrogen (secondary N) is 1. The van der Waals surface area contributed by atoms with Crippen LogP contribution in [-0.2, 0) is 11.2 Å². The molecule has 1 fully saturated rings. The number of nitrogens with zero attached hydrogens (tertiary/aromatic N) is 1. The minimum absolute atomic E-state index is 0.0215. The van der Waals surface area contributed by atoms with E-state index >= 15 is 0 Å². The minimum atomic E-state index is -0.544. The maximum Gasteiger partial charge on any atom is 0.255 e. The molecule has 6 nitrogen and oxygen atoms in total. The Labute approximate surface area is 172 Å². The van der Waals surface area contributed by atoms with Crippen molar-refractivity contribution in [3.8, 4) is 5.75 Å². The molecule has 29 heavy (non-hydrogen) atoms. The Morgan fingerprint density at radius 1 is 1.21 bits per heavy atom. The zero-order valence-electron chi connectivity index (χ0n) is 17.2. The first kappa shape index (κ1) is 21.0. The number of carbonyl (C=O) groups is 2. The summed E-state index contributed by atoms with van der Waals surface area (Å²) in [5.41, 5.74) is 1.75. The number of furan rings is 1. The first-order valence-electron chi connectivity index (χ1n) is 10.4. The summed E-state index contributed by atoms with van der Waals surface area (Å²) in [5, 5.41) is 2.75. The van der Waals surface area contributed by atoms with E-state index in [1.165, 1.54) is 18.1 Å². The van der Waals surface area contributed by atoms with Crippen LogP contribution in [0.15, 0.2) is 47.3 Å². The number of amides is 2. The number of aryl methyl sites for hydroxylation is 1. The third-order valence-electron chi connectivity index (χ3n) is 5.50. The lowest BCUT2D eigenvalue weighted by Crippen LogP contribution is -2.49. The highest BCUT2D eigenvalue weighted by atomic mass is 16.5. The number of hydrogen-bond donors (Lipinski definition) is 1. The second-order valence-corrected chi connectivity index (χ2v) is 7.59. The third kappa shape index (κ3) is 5.86. The summed E-state index contributed by atoms with van der Waals surface area (Å²) < 4.78 is 10.4. The van der Waals surface area contributed by atoms with Gasteiger partial charge in [-0.3, -0.25) is 9.59 Å². The van der Waals surface area contributed by atoms with E-state index < -0.39 is 6.04 Å². The fourth-order valence-corrected chi connectivity index (χ4v) is 3.74. The highest BCUT2D eigenvalue weighted by Crippen LogP contribution is 2.23. The summed E-state index contributed by atoms with van der Waals surface area (Å²) in [5.74, 6) is 1.23. The average Bonchev–Trinajstić information content (AvgIpc) is 3.28. The van der Waals surface area contributed by atoms with Crippen molar-refractivity contribution in [2.45, 2.75) is 45.6 Å². The normalized spacial score (nSPS) is 15.7. The van der Waals surface area contributed by atoms with Crippen LogP contribution < -0.4 is 10.1 Å². The molecule has 6 heteroatoms. The molecule has 2 aromatic rings. The molecule has 1 N–H and O–H groups in total. The van der Waals surface area contributed by atoms with E-state index in [9.17, 15) is 9.59 Å². The van der Waals surface area contributed by atoms with Gasteiger partial charge in [0.1, 0.15) is 18.1 Å². The van der Waals surface area contributed by atoms with Crippen molar-refractivity contribution >= 4 is 11.8 Å². The molecule has 0 bridgehead atoms. The second kappa shape index (κ2) is 10.1. The average molecular weight is 399 g/mol. The van der Waals surface area contributed by atoms with Crippen LogP contribution in [-0.4, -0.2) is 42.5 Å². The molecule has 1 aliphatic heterocycles. The summed E-state index contributed by atoms with van der Waals surface area (Å²) >= 11 is 0. The number of hydrogen-bond acceptors (Lipinski definition) is 4. The van der Waals surface area contributed by atoms with Gasteiger partial charge in [-0.05, 0) is 69.2 Å². The van der Waals surface area contributed by atoms with Gasteiger partial charge in [-0.1, -0.05) is 12.1 Å². The van der Waals surface area contributed by atoms with Crippen LogP contribution in [0.5, 0.6) is 5.75 Å². The van der Waals surface area contributed by atoms with Crippen LogP contribution in [0.3, 0.4) is 0 Å². The van der Waals surface area contributed by atoms with Gasteiger partial charge in [-0.25, -0.2) is 0 Å². The Hall–Kier alpha value is -2.76. The Kier molecular flexibility index (Phi) is 7.33. The number of benzene rings is 1. The first-order chi connectivity index (χ1) is 14.1. The van der Waals surface area contributed by atoms with Gasteiger partial charge in [0.25, 0.3) is 5.91 Å². The summed E-state index contributed by atoms with van der Waals surface area (Å²) in [6, 6.07) is 9.36. The topological polar surface area (TPSA) is 71.8 Å². The highest BCUT2D eigenvalue weighted by molar-refractivity contribution is 5.97. The molecule has 156 valence electrons. The quantitative estimate of drug-likeness (QED) is 0.736. The molecule has 1 atom stereocenters. The number of carbonyl (C=O) groups excluding carboxylic acids is 2. The number of piperidine rings is 1. The molecule has 1 aromatic heterocycles. The highest BCUT2D eigenvalue weighted by Gasteiger charge is 2.27. The van der Waals surface area contributed by atoms with Gasteiger partial charge in [0, 0.05) is 13.1 Å². The van der Waals surface area contributed by atoms with Crippen LogP contribution in [0.1, 0.15) is 49.0 Å². The smallest absolute Gasteiger partial charge is 0.255 e. The first-order valence-corrected chi connectivity index (χ1v) is 10.4. The molecule has 0 unspecified atom stereocenters. The van der Waals surface area contributed by atoms with Crippen molar-refractivity contribution in [1.29, 1.82) is 0 Å². The minimum Gasteiger partial charge on any atom is -0.494 e. The standard InChI is InChI=1S/C23H30N2O4/c1-3-29-21-8-6-18(7-9-21)4-5-19-10-13-25(14-11-19)23(27)17(2)24-22(26)20-12-15-28-16-20/h6-9,12,15-17,19H,3-5,10-11,13-14H2,1-2H3,(H,24,26)/t17-/m1/s1. The monoisotopic (exact) mass is 398 g/mol. The molecule has 0 spiro atoms. The van der Waals surface area contributed by atoms with E-state index in [1.807, 2.05) is 24.0 Å². The number of ether oxygens (including phenoxy) is 1. The van der Waals surface area contributed by atoms with Crippen LogP contribution in [0.2, 0.25) is 0 Å². The molecule has 1 saturated heterocycles. The molecule has 2 amide bonds. The molecule has 3 rings (SSSR count). The lowest BCUT2D eigenvalue weighted by molar-refractivity contribution is -0.134. The van der Waals surface area contributed by atoms with Gasteiger partial charge < -0.3 is 19.4 Å². The zero-order valence-corrected chi connectivity index (χ0v) is 17.2. The van der Waals surface area contributed by atoms with E-state index in [1.54, 1.807) is 13.0 Å². The number of likely N-dealkylation sites (tertiary alicyclic amines) is 1. The van der Waals surface area contributed by atoms with Gasteiger partial charge in [0.05, 0.1) is 18.4 Å². The molecular weight excluding hydrogens is 368 g/mol. The second-order valence-electron chi connectivity index (χ2n) is 7.59. The Bertz CT molecular complexity index is 778. The zero-order chi connectivity index (χ0) is 20.6. The molecule has 1 aliphatic rings. The molecule has 0 aliphatic carbocycles. The van der Waals surface area contributed by atoms with Gasteiger partial charge in [0.15, 0.2) is 0 Å². The summed E-state index contributed by atoms with van der Waals surface area (Å²) in [6.45, 7) is 5.90. The molecule has 2 heterocycles. The predicted octanol–water partition coefficient (Wildman–Crippen LogP) is 3.67. The predicted molar refractivity (Wildman–Crippen MR) is 111 cm³/mol. The molecular formula is C23H30N2O4. The van der Waals surface area contributed by atoms with Crippen molar-refractivity contribution in [2.24, 2.45) is 5.92 Å². The van der Waals surface area contributed by atoms with E-state index in [2.05, 4.69) is 17.4 Å². The largest absolute Gasteiger partial charge is 0.494 e. The molecule has 0 radical (unpaired) electrons. The summed E-state index contributed by atoms with van der Waals surface area (Å²) in [7, 11) is 0. The van der Waals surface area contributed by atoms with Crippen molar-refractivity contribution in [3.63, 3.8) is 0 Å². The lowest BCUT2D eigenvalue weighted by Gasteiger charge is -2.33. The SMILES string of the molecule is CCOc1ccc(CCC2CCN(C(=O)[C@@H](C)NC(=O)c3ccoc3)CC2)cc1. The van der Waals surface area contributed by atoms with E-state index in [0.717, 1.165) is 44.5 Å². The summed E-state index contributed by atoms with van der Waals surface area (Å²) in [6.07, 6.45) is 7.00. The van der Waals surface area contributed by atoms with E-state index in [-0.39, 0.29) is 11.8 Å². The maximum atomic E-state index is 12.7. The Balaban J connectivity index is 1.40. The Morgan fingerprint density at radius 2 is 1.93 bits per heavy atom. The van der Waals surface area contributed by atoms with E-state index in [4.69, 9.17) is 9.15 Å². The molecule has 0 saturated carbocycles. The van der Waals surface area contributed by atoms with Crippen LogP contribution in [0, 0.1) is 5.92 Å². The van der Waals surface area contributed by atoms with Crippen LogP contribution >= 0.6 is 0 Å². The number of rotatable bonds is 8. The van der Waals surface area contributed by atoms with Crippen molar-refractivity contribution in [1.82, 2.24) is 10.2 Å². The van der Waals surface area contributed by atoms with Crippen molar-refractivity contribution < 1.29 is 18.7 Å². The lowest BCUT2D eigenvalue weighted by atomic mass is 9.90. The maximum absolute atomic E-state index is 12.7. The summed E-state index contributed by atoms with van der Waals surface area (Å²) in [4.78, 5) is 26.6. The molecule has 1 aromatic carbocycles. The van der Waals surface area contributed by atoms with Gasteiger partial charge in [-0.2, -0.15) is 0 Å². The van der Waals surface area contributed by atoms with Gasteiger partial charge in [-0.15, -0.1) is 0 Å². The van der Waals surface area contributed by atoms with Crippen LogP contribution in [0.4, 0.5) is 0 Å². The van der Waals surface area contributed by atoms with Gasteiger partial charge in [0.2, 0.25) is 5.91 Å². The van der Waals surface area contributed by atoms with E-state index in [0.29, 0.717) is 18.1 Å². The Morgan fingerprint density at radius 3 is 2.55 bits per heavy atom.